The molecular weight excluding hydrogens is 334 g/mol. The molecule has 2 rings (SSSR count). The predicted molar refractivity (Wildman–Crippen MR) is 100 cm³/mol. The summed E-state index contributed by atoms with van der Waals surface area (Å²) >= 11 is 0. The quantitative estimate of drug-likeness (QED) is 0.756. The highest BCUT2D eigenvalue weighted by Crippen LogP contribution is 2.17. The molecule has 0 unspecified atom stereocenters. The molecule has 0 bridgehead atoms. The van der Waals surface area contributed by atoms with Crippen molar-refractivity contribution in [2.45, 2.75) is 30.9 Å². The summed E-state index contributed by atoms with van der Waals surface area (Å²) in [5.41, 5.74) is 1.14. The van der Waals surface area contributed by atoms with Gasteiger partial charge in [0.05, 0.1) is 10.6 Å². The van der Waals surface area contributed by atoms with Crippen LogP contribution in [0.25, 0.3) is 0 Å². The minimum absolute atomic E-state index is 0.0837. The molecule has 0 aliphatic carbocycles. The molecule has 4 nitrogen and oxygen atoms in total. The summed E-state index contributed by atoms with van der Waals surface area (Å²) in [6.07, 6.45) is 0.935. The summed E-state index contributed by atoms with van der Waals surface area (Å²) in [4.78, 5) is 14.5. The van der Waals surface area contributed by atoms with E-state index in [1.54, 1.807) is 66.5 Å². The van der Waals surface area contributed by atoms with Crippen molar-refractivity contribution >= 4 is 15.7 Å². The van der Waals surface area contributed by atoms with Crippen molar-refractivity contribution in [2.24, 2.45) is 5.92 Å². The van der Waals surface area contributed by atoms with Crippen LogP contribution in [-0.4, -0.2) is 32.8 Å². The van der Waals surface area contributed by atoms with Crippen molar-refractivity contribution in [3.8, 4) is 0 Å². The lowest BCUT2D eigenvalue weighted by molar-refractivity contribution is 0.0789. The first-order valence-electron chi connectivity index (χ1n) is 8.42. The first-order valence-corrected chi connectivity index (χ1v) is 10.1. The molecule has 0 saturated heterocycles. The number of amides is 1. The number of hydrogen-bond acceptors (Lipinski definition) is 3. The maximum atomic E-state index is 12.5. The van der Waals surface area contributed by atoms with Crippen LogP contribution in [0.15, 0.2) is 59.5 Å². The summed E-state index contributed by atoms with van der Waals surface area (Å²) in [7, 11) is -1.65. The number of carbonyl (C=O) groups is 1. The summed E-state index contributed by atoms with van der Waals surface area (Å²) in [5.74, 6) is 0.325. The van der Waals surface area contributed by atoms with Gasteiger partial charge in [0, 0.05) is 19.2 Å². The number of rotatable bonds is 7. The van der Waals surface area contributed by atoms with Gasteiger partial charge >= 0.3 is 0 Å². The third-order valence-electron chi connectivity index (χ3n) is 4.02. The smallest absolute Gasteiger partial charge is 0.253 e. The first kappa shape index (κ1) is 19.2. The van der Waals surface area contributed by atoms with E-state index in [0.29, 0.717) is 28.5 Å². The van der Waals surface area contributed by atoms with Crippen LogP contribution in [0.4, 0.5) is 0 Å². The molecule has 0 fully saturated rings. The van der Waals surface area contributed by atoms with Gasteiger partial charge in [0.25, 0.3) is 5.91 Å². The fourth-order valence-electron chi connectivity index (χ4n) is 2.50. The van der Waals surface area contributed by atoms with E-state index in [2.05, 4.69) is 13.8 Å². The molecule has 0 spiro atoms. The molecule has 2 aromatic carbocycles. The Morgan fingerprint density at radius 3 is 2.36 bits per heavy atom. The molecule has 134 valence electrons. The SMILES string of the molecule is CC(C)CCN(C)C(=O)c1cccc(CS(=O)(=O)c2ccccc2)c1. The zero-order valence-corrected chi connectivity index (χ0v) is 15.8. The summed E-state index contributed by atoms with van der Waals surface area (Å²) in [6, 6.07) is 15.2. The van der Waals surface area contributed by atoms with Gasteiger partial charge in [0.1, 0.15) is 0 Å². The second-order valence-corrected chi connectivity index (χ2v) is 8.67. The Balaban J connectivity index is 2.15. The average molecular weight is 359 g/mol. The zero-order valence-electron chi connectivity index (χ0n) is 15.0. The molecule has 0 heterocycles. The largest absolute Gasteiger partial charge is 0.342 e. The van der Waals surface area contributed by atoms with Crippen molar-refractivity contribution in [1.29, 1.82) is 0 Å². The van der Waals surface area contributed by atoms with Crippen molar-refractivity contribution in [3.05, 3.63) is 65.7 Å². The molecule has 25 heavy (non-hydrogen) atoms. The van der Waals surface area contributed by atoms with Crippen LogP contribution < -0.4 is 0 Å². The van der Waals surface area contributed by atoms with Gasteiger partial charge in [0.15, 0.2) is 9.84 Å². The van der Waals surface area contributed by atoms with Crippen LogP contribution in [0.1, 0.15) is 36.2 Å². The summed E-state index contributed by atoms with van der Waals surface area (Å²) < 4.78 is 25.0. The van der Waals surface area contributed by atoms with Crippen LogP contribution in [0.5, 0.6) is 0 Å². The molecular formula is C20H25NO3S. The third kappa shape index (κ3) is 5.43. The Morgan fingerprint density at radius 2 is 1.72 bits per heavy atom. The molecule has 5 heteroatoms. The molecule has 0 radical (unpaired) electrons. The Labute approximate surface area is 150 Å². The van der Waals surface area contributed by atoms with E-state index in [9.17, 15) is 13.2 Å². The van der Waals surface area contributed by atoms with E-state index in [-0.39, 0.29) is 11.7 Å². The first-order chi connectivity index (χ1) is 11.8. The number of nitrogens with zero attached hydrogens (tertiary/aromatic N) is 1. The second-order valence-electron chi connectivity index (χ2n) is 6.68. The molecule has 0 N–H and O–H groups in total. The fraction of sp³-hybridized carbons (Fsp3) is 0.350. The topological polar surface area (TPSA) is 54.5 Å². The predicted octanol–water partition coefficient (Wildman–Crippen LogP) is 3.78. The highest BCUT2D eigenvalue weighted by Gasteiger charge is 2.17. The van der Waals surface area contributed by atoms with E-state index in [4.69, 9.17) is 0 Å². The van der Waals surface area contributed by atoms with Crippen LogP contribution >= 0.6 is 0 Å². The van der Waals surface area contributed by atoms with Crippen molar-refractivity contribution in [1.82, 2.24) is 4.90 Å². The fourth-order valence-corrected chi connectivity index (χ4v) is 3.86. The summed E-state index contributed by atoms with van der Waals surface area (Å²) in [6.45, 7) is 4.92. The van der Waals surface area contributed by atoms with Crippen LogP contribution in [-0.2, 0) is 15.6 Å². The number of carbonyl (C=O) groups excluding carboxylic acids is 1. The van der Waals surface area contributed by atoms with Crippen LogP contribution in [0, 0.1) is 5.92 Å². The Bertz CT molecular complexity index is 814. The van der Waals surface area contributed by atoms with E-state index < -0.39 is 9.84 Å². The maximum absolute atomic E-state index is 12.5. The van der Waals surface area contributed by atoms with Gasteiger partial charge in [0.2, 0.25) is 0 Å². The van der Waals surface area contributed by atoms with Gasteiger partial charge in [-0.2, -0.15) is 0 Å². The van der Waals surface area contributed by atoms with E-state index >= 15 is 0 Å². The molecule has 0 aliphatic rings. The van der Waals surface area contributed by atoms with Crippen molar-refractivity contribution < 1.29 is 13.2 Å². The second kappa shape index (κ2) is 8.30. The number of hydrogen-bond donors (Lipinski definition) is 0. The van der Waals surface area contributed by atoms with Crippen LogP contribution in [0.2, 0.25) is 0 Å². The van der Waals surface area contributed by atoms with Gasteiger partial charge in [-0.25, -0.2) is 8.42 Å². The van der Waals surface area contributed by atoms with Gasteiger partial charge in [-0.1, -0.05) is 44.2 Å². The average Bonchev–Trinajstić information content (AvgIpc) is 2.59. The Morgan fingerprint density at radius 1 is 1.04 bits per heavy atom. The molecule has 2 aromatic rings. The monoisotopic (exact) mass is 359 g/mol. The number of benzene rings is 2. The molecule has 0 aliphatic heterocycles. The van der Waals surface area contributed by atoms with Crippen molar-refractivity contribution in [3.63, 3.8) is 0 Å². The van der Waals surface area contributed by atoms with Gasteiger partial charge in [-0.15, -0.1) is 0 Å². The van der Waals surface area contributed by atoms with Crippen molar-refractivity contribution in [2.75, 3.05) is 13.6 Å². The highest BCUT2D eigenvalue weighted by atomic mass is 32.2. The highest BCUT2D eigenvalue weighted by molar-refractivity contribution is 7.90. The van der Waals surface area contributed by atoms with Crippen LogP contribution in [0.3, 0.4) is 0 Å². The van der Waals surface area contributed by atoms with Gasteiger partial charge < -0.3 is 4.90 Å². The maximum Gasteiger partial charge on any atom is 0.253 e. The normalized spacial score (nSPS) is 11.5. The summed E-state index contributed by atoms with van der Waals surface area (Å²) in [5, 5.41) is 0. The number of sulfone groups is 1. The molecule has 0 atom stereocenters. The van der Waals surface area contributed by atoms with Gasteiger partial charge in [-0.05, 0) is 42.2 Å². The lowest BCUT2D eigenvalue weighted by atomic mass is 10.1. The molecule has 1 amide bonds. The van der Waals surface area contributed by atoms with E-state index in [1.807, 2.05) is 0 Å². The van der Waals surface area contributed by atoms with E-state index in [0.717, 1.165) is 6.42 Å². The zero-order chi connectivity index (χ0) is 18.4. The standard InChI is InChI=1S/C20H25NO3S/c1-16(2)12-13-21(3)20(22)18-9-7-8-17(14-18)15-25(23,24)19-10-5-4-6-11-19/h4-11,14,16H,12-13,15H2,1-3H3. The lowest BCUT2D eigenvalue weighted by Gasteiger charge is -2.18. The Kier molecular flexibility index (Phi) is 6.37. The third-order valence-corrected chi connectivity index (χ3v) is 5.73. The Hall–Kier alpha value is -2.14. The van der Waals surface area contributed by atoms with Gasteiger partial charge in [-0.3, -0.25) is 4.79 Å². The minimum Gasteiger partial charge on any atom is -0.342 e. The molecule has 0 saturated carbocycles. The minimum atomic E-state index is -3.42. The molecule has 0 aromatic heterocycles. The lowest BCUT2D eigenvalue weighted by Crippen LogP contribution is -2.28. The van der Waals surface area contributed by atoms with E-state index in [1.165, 1.54) is 0 Å².